The number of hydrogen-bond donors (Lipinski definition) is 0. The summed E-state index contributed by atoms with van der Waals surface area (Å²) >= 11 is 0. The van der Waals surface area contributed by atoms with Crippen LogP contribution in [-0.4, -0.2) is 42.6 Å². The minimum absolute atomic E-state index is 0.115. The molecule has 1 aliphatic rings. The summed E-state index contributed by atoms with van der Waals surface area (Å²) in [4.78, 5) is 48.4. The van der Waals surface area contributed by atoms with Crippen LogP contribution in [0.25, 0.3) is 0 Å². The van der Waals surface area contributed by atoms with Gasteiger partial charge in [-0.1, -0.05) is 48.5 Å². The van der Waals surface area contributed by atoms with Crippen molar-refractivity contribution in [2.45, 2.75) is 17.3 Å². The van der Waals surface area contributed by atoms with Crippen molar-refractivity contribution in [1.82, 2.24) is 4.90 Å². The Morgan fingerprint density at radius 1 is 0.886 bits per heavy atom. The first-order valence-electron chi connectivity index (χ1n) is 10.3. The molecule has 35 heavy (non-hydrogen) atoms. The zero-order valence-corrected chi connectivity index (χ0v) is 18.9. The lowest BCUT2D eigenvalue weighted by molar-refractivity contribution is -0.385. The van der Waals surface area contributed by atoms with Gasteiger partial charge in [-0.15, -0.1) is 0 Å². The largest absolute Gasteiger partial charge is 0.459 e. The van der Waals surface area contributed by atoms with Crippen LogP contribution >= 0.6 is 0 Å². The standard InChI is InChI=1S/C24H18N2O8S/c27-21(13-25-23(28)19-7-4-8-20(26(30)31)22(19)24(25)29)34-14-16-9-11-18(12-10-16)35(32,33)15-17-5-2-1-3-6-17/h1-12H,13-15H2. The molecule has 0 aliphatic carbocycles. The molecule has 0 saturated heterocycles. The Hall–Kier alpha value is -4.38. The molecule has 0 spiro atoms. The lowest BCUT2D eigenvalue weighted by Crippen LogP contribution is -2.35. The first kappa shape index (κ1) is 23.8. The number of imide groups is 1. The van der Waals surface area contributed by atoms with E-state index in [9.17, 15) is 32.9 Å². The van der Waals surface area contributed by atoms with Gasteiger partial charge in [0.1, 0.15) is 18.7 Å². The minimum Gasteiger partial charge on any atom is -0.459 e. The molecule has 0 atom stereocenters. The van der Waals surface area contributed by atoms with E-state index in [2.05, 4.69) is 0 Å². The van der Waals surface area contributed by atoms with Gasteiger partial charge in [0.25, 0.3) is 17.5 Å². The SMILES string of the molecule is O=C(CN1C(=O)c2cccc([N+](=O)[O-])c2C1=O)OCc1ccc(S(=O)(=O)Cc2ccccc2)cc1. The van der Waals surface area contributed by atoms with Gasteiger partial charge >= 0.3 is 5.97 Å². The fraction of sp³-hybridized carbons (Fsp3) is 0.125. The minimum atomic E-state index is -3.56. The van der Waals surface area contributed by atoms with E-state index < -0.39 is 44.8 Å². The van der Waals surface area contributed by atoms with Crippen LogP contribution in [0.4, 0.5) is 5.69 Å². The number of carbonyl (C=O) groups is 3. The van der Waals surface area contributed by atoms with Crippen LogP contribution in [0.3, 0.4) is 0 Å². The predicted octanol–water partition coefficient (Wildman–Crippen LogP) is 2.91. The Morgan fingerprint density at radius 2 is 1.57 bits per heavy atom. The number of amides is 2. The molecule has 3 aromatic carbocycles. The van der Waals surface area contributed by atoms with Gasteiger partial charge in [0.15, 0.2) is 9.84 Å². The Bertz CT molecular complexity index is 1430. The smallest absolute Gasteiger partial charge is 0.326 e. The number of nitro groups is 1. The number of benzene rings is 3. The zero-order valence-electron chi connectivity index (χ0n) is 18.1. The molecule has 0 N–H and O–H groups in total. The number of nitro benzene ring substituents is 1. The van der Waals surface area contributed by atoms with Gasteiger partial charge in [0, 0.05) is 6.07 Å². The Labute approximate surface area is 199 Å². The highest BCUT2D eigenvalue weighted by atomic mass is 32.2. The van der Waals surface area contributed by atoms with Crippen LogP contribution in [0, 0.1) is 10.1 Å². The lowest BCUT2D eigenvalue weighted by Gasteiger charge is -2.13. The van der Waals surface area contributed by atoms with Crippen molar-refractivity contribution in [3.05, 3.63) is 105 Å². The summed E-state index contributed by atoms with van der Waals surface area (Å²) in [7, 11) is -3.56. The second-order valence-electron chi connectivity index (χ2n) is 7.70. The predicted molar refractivity (Wildman–Crippen MR) is 122 cm³/mol. The maximum Gasteiger partial charge on any atom is 0.326 e. The van der Waals surface area contributed by atoms with Crippen molar-refractivity contribution in [3.63, 3.8) is 0 Å². The number of hydrogen-bond acceptors (Lipinski definition) is 8. The number of esters is 1. The highest BCUT2D eigenvalue weighted by molar-refractivity contribution is 7.90. The summed E-state index contributed by atoms with van der Waals surface area (Å²) in [5.41, 5.74) is 0.130. The Morgan fingerprint density at radius 3 is 2.23 bits per heavy atom. The molecule has 0 saturated carbocycles. The second-order valence-corrected chi connectivity index (χ2v) is 9.69. The third-order valence-corrected chi connectivity index (χ3v) is 7.05. The van der Waals surface area contributed by atoms with Gasteiger partial charge in [-0.3, -0.25) is 29.4 Å². The van der Waals surface area contributed by atoms with Crippen molar-refractivity contribution in [3.8, 4) is 0 Å². The van der Waals surface area contributed by atoms with Gasteiger partial charge < -0.3 is 4.74 Å². The summed E-state index contributed by atoms with van der Waals surface area (Å²) < 4.78 is 30.3. The summed E-state index contributed by atoms with van der Waals surface area (Å²) in [6.07, 6.45) is 0. The van der Waals surface area contributed by atoms with Crippen LogP contribution in [-0.2, 0) is 31.7 Å². The highest BCUT2D eigenvalue weighted by Gasteiger charge is 2.41. The zero-order chi connectivity index (χ0) is 25.2. The third kappa shape index (κ3) is 4.94. The van der Waals surface area contributed by atoms with Crippen LogP contribution < -0.4 is 0 Å². The van der Waals surface area contributed by atoms with Crippen LogP contribution in [0.5, 0.6) is 0 Å². The van der Waals surface area contributed by atoms with E-state index in [1.54, 1.807) is 30.3 Å². The number of nitrogens with zero attached hydrogens (tertiary/aromatic N) is 2. The van der Waals surface area contributed by atoms with Crippen LogP contribution in [0.2, 0.25) is 0 Å². The molecule has 0 fully saturated rings. The molecule has 1 aliphatic heterocycles. The van der Waals surface area contributed by atoms with E-state index in [0.29, 0.717) is 16.0 Å². The molecule has 178 valence electrons. The molecule has 0 bridgehead atoms. The van der Waals surface area contributed by atoms with Gasteiger partial charge in [-0.05, 0) is 29.3 Å². The molecule has 2 amide bonds. The highest BCUT2D eigenvalue weighted by Crippen LogP contribution is 2.30. The first-order valence-corrected chi connectivity index (χ1v) is 12.0. The monoisotopic (exact) mass is 494 g/mol. The molecule has 0 aromatic heterocycles. The number of ether oxygens (including phenoxy) is 1. The summed E-state index contributed by atoms with van der Waals surface area (Å²) in [6, 6.07) is 18.2. The van der Waals surface area contributed by atoms with Crippen molar-refractivity contribution in [1.29, 1.82) is 0 Å². The van der Waals surface area contributed by atoms with E-state index in [1.807, 2.05) is 0 Å². The molecular formula is C24H18N2O8S. The fourth-order valence-corrected chi connectivity index (χ4v) is 4.97. The quantitative estimate of drug-likeness (QED) is 0.201. The van der Waals surface area contributed by atoms with E-state index >= 15 is 0 Å². The molecule has 0 radical (unpaired) electrons. The second kappa shape index (κ2) is 9.47. The molecular weight excluding hydrogens is 476 g/mol. The molecule has 3 aromatic rings. The number of fused-ring (bicyclic) bond motifs is 1. The maximum atomic E-state index is 12.6. The van der Waals surface area contributed by atoms with E-state index in [0.717, 1.165) is 6.07 Å². The van der Waals surface area contributed by atoms with Crippen molar-refractivity contribution in [2.24, 2.45) is 0 Å². The summed E-state index contributed by atoms with van der Waals surface area (Å²) in [5, 5.41) is 11.2. The summed E-state index contributed by atoms with van der Waals surface area (Å²) in [6.45, 7) is -0.936. The van der Waals surface area contributed by atoms with Gasteiger partial charge in [0.05, 0.1) is 21.1 Å². The Balaban J connectivity index is 1.37. The normalized spacial score (nSPS) is 13.0. The van der Waals surface area contributed by atoms with Gasteiger partial charge in [-0.2, -0.15) is 0 Å². The Kier molecular flexibility index (Phi) is 6.43. The first-order chi connectivity index (χ1) is 16.7. The van der Waals surface area contributed by atoms with Crippen LogP contribution in [0.15, 0.2) is 77.7 Å². The number of rotatable bonds is 8. The molecule has 11 heteroatoms. The molecule has 10 nitrogen and oxygen atoms in total. The van der Waals surface area contributed by atoms with Crippen molar-refractivity contribution >= 4 is 33.3 Å². The molecule has 1 heterocycles. The van der Waals surface area contributed by atoms with E-state index in [-0.39, 0.29) is 28.4 Å². The van der Waals surface area contributed by atoms with Gasteiger partial charge in [-0.25, -0.2) is 8.42 Å². The topological polar surface area (TPSA) is 141 Å². The lowest BCUT2D eigenvalue weighted by atomic mass is 10.1. The average molecular weight is 494 g/mol. The molecule has 4 rings (SSSR count). The summed E-state index contributed by atoms with van der Waals surface area (Å²) in [5.74, 6) is -2.82. The van der Waals surface area contributed by atoms with Gasteiger partial charge in [0.2, 0.25) is 0 Å². The number of sulfone groups is 1. The van der Waals surface area contributed by atoms with E-state index in [4.69, 9.17) is 4.74 Å². The third-order valence-electron chi connectivity index (χ3n) is 5.34. The fourth-order valence-electron chi connectivity index (χ4n) is 3.62. The van der Waals surface area contributed by atoms with Crippen molar-refractivity contribution in [2.75, 3.05) is 6.54 Å². The molecule has 0 unspecified atom stereocenters. The van der Waals surface area contributed by atoms with Crippen LogP contribution in [0.1, 0.15) is 31.8 Å². The van der Waals surface area contributed by atoms with E-state index in [1.165, 1.54) is 36.4 Å². The maximum absolute atomic E-state index is 12.6. The average Bonchev–Trinajstić information content (AvgIpc) is 3.08. The van der Waals surface area contributed by atoms with Crippen molar-refractivity contribution < 1.29 is 32.5 Å². The number of carbonyl (C=O) groups excluding carboxylic acids is 3.